The summed E-state index contributed by atoms with van der Waals surface area (Å²) < 4.78 is 5.52. The monoisotopic (exact) mass is 318 g/mol. The standard InChI is InChI=1S/C18H14N4O2/c23-17(9-10-18-22-14-7-3-4-8-15(14)24-18)19-11-16-20-12-5-1-2-6-13(12)21-16/h1-10H,11H2,(H,19,23)(H,20,21)/b10-9+. The van der Waals surface area contributed by atoms with Gasteiger partial charge in [-0.1, -0.05) is 24.3 Å². The van der Waals surface area contributed by atoms with Gasteiger partial charge in [0.05, 0.1) is 17.6 Å². The van der Waals surface area contributed by atoms with E-state index >= 15 is 0 Å². The van der Waals surface area contributed by atoms with E-state index in [2.05, 4.69) is 20.3 Å². The molecule has 0 saturated heterocycles. The van der Waals surface area contributed by atoms with Crippen LogP contribution in [0.25, 0.3) is 28.2 Å². The van der Waals surface area contributed by atoms with E-state index in [4.69, 9.17) is 4.42 Å². The number of nitrogens with zero attached hydrogens (tertiary/aromatic N) is 2. The number of oxazole rings is 1. The number of carbonyl (C=O) groups excluding carboxylic acids is 1. The van der Waals surface area contributed by atoms with Crippen molar-refractivity contribution in [3.8, 4) is 0 Å². The number of hydrogen-bond acceptors (Lipinski definition) is 4. The van der Waals surface area contributed by atoms with Gasteiger partial charge < -0.3 is 14.7 Å². The number of carbonyl (C=O) groups is 1. The molecule has 2 heterocycles. The van der Waals surface area contributed by atoms with Crippen molar-refractivity contribution in [1.82, 2.24) is 20.3 Å². The number of H-pyrrole nitrogens is 1. The Hall–Kier alpha value is -3.41. The fraction of sp³-hybridized carbons (Fsp3) is 0.0556. The number of para-hydroxylation sites is 4. The summed E-state index contributed by atoms with van der Waals surface area (Å²) in [5.41, 5.74) is 3.28. The van der Waals surface area contributed by atoms with Gasteiger partial charge in [0.15, 0.2) is 5.58 Å². The third-order valence-corrected chi connectivity index (χ3v) is 3.56. The number of fused-ring (bicyclic) bond motifs is 2. The Morgan fingerprint density at radius 1 is 1.08 bits per heavy atom. The third kappa shape index (κ3) is 2.89. The highest BCUT2D eigenvalue weighted by Crippen LogP contribution is 2.15. The van der Waals surface area contributed by atoms with Gasteiger partial charge in [-0.15, -0.1) is 0 Å². The number of amides is 1. The molecule has 2 aromatic heterocycles. The maximum absolute atomic E-state index is 11.9. The Morgan fingerprint density at radius 2 is 1.88 bits per heavy atom. The molecular weight excluding hydrogens is 304 g/mol. The van der Waals surface area contributed by atoms with Crippen LogP contribution in [0, 0.1) is 0 Å². The Morgan fingerprint density at radius 3 is 2.71 bits per heavy atom. The third-order valence-electron chi connectivity index (χ3n) is 3.56. The van der Waals surface area contributed by atoms with E-state index in [1.165, 1.54) is 6.08 Å². The molecule has 0 atom stereocenters. The lowest BCUT2D eigenvalue weighted by molar-refractivity contribution is -0.116. The van der Waals surface area contributed by atoms with Crippen LogP contribution >= 0.6 is 0 Å². The van der Waals surface area contributed by atoms with Crippen molar-refractivity contribution in [3.63, 3.8) is 0 Å². The summed E-state index contributed by atoms with van der Waals surface area (Å²) >= 11 is 0. The first kappa shape index (κ1) is 14.2. The SMILES string of the molecule is O=C(/C=C/c1nc2ccccc2o1)NCc1nc2ccccc2[nH]1. The van der Waals surface area contributed by atoms with Crippen LogP contribution in [0.15, 0.2) is 59.0 Å². The van der Waals surface area contributed by atoms with Gasteiger partial charge in [-0.05, 0) is 24.3 Å². The number of aromatic amines is 1. The average molecular weight is 318 g/mol. The van der Waals surface area contributed by atoms with Gasteiger partial charge in [0.1, 0.15) is 11.3 Å². The first-order valence-electron chi connectivity index (χ1n) is 7.53. The molecule has 6 nitrogen and oxygen atoms in total. The molecule has 2 aromatic carbocycles. The van der Waals surface area contributed by atoms with Gasteiger partial charge in [0.2, 0.25) is 11.8 Å². The molecule has 6 heteroatoms. The van der Waals surface area contributed by atoms with Crippen LogP contribution in [0.1, 0.15) is 11.7 Å². The van der Waals surface area contributed by atoms with Gasteiger partial charge in [-0.3, -0.25) is 4.79 Å². The molecule has 4 aromatic rings. The summed E-state index contributed by atoms with van der Waals surface area (Å²) in [4.78, 5) is 23.8. The second kappa shape index (κ2) is 6.00. The van der Waals surface area contributed by atoms with E-state index in [1.54, 1.807) is 6.08 Å². The molecular formula is C18H14N4O2. The zero-order valence-electron chi connectivity index (χ0n) is 12.7. The minimum atomic E-state index is -0.238. The Bertz CT molecular complexity index is 979. The number of aromatic nitrogens is 3. The minimum absolute atomic E-state index is 0.238. The molecule has 0 bridgehead atoms. The quantitative estimate of drug-likeness (QED) is 0.566. The highest BCUT2D eigenvalue weighted by Gasteiger charge is 2.04. The average Bonchev–Trinajstić information content (AvgIpc) is 3.21. The largest absolute Gasteiger partial charge is 0.437 e. The molecule has 0 aliphatic carbocycles. The minimum Gasteiger partial charge on any atom is -0.437 e. The van der Waals surface area contributed by atoms with Crippen LogP contribution in [0.3, 0.4) is 0 Å². The van der Waals surface area contributed by atoms with Gasteiger partial charge in [0, 0.05) is 12.2 Å². The first-order chi connectivity index (χ1) is 11.8. The van der Waals surface area contributed by atoms with E-state index in [9.17, 15) is 4.79 Å². The van der Waals surface area contributed by atoms with Crippen molar-refractivity contribution >= 4 is 34.1 Å². The van der Waals surface area contributed by atoms with E-state index in [1.807, 2.05) is 48.5 Å². The molecule has 0 aliphatic rings. The van der Waals surface area contributed by atoms with Crippen LogP contribution in [0.5, 0.6) is 0 Å². The van der Waals surface area contributed by atoms with Crippen LogP contribution in [-0.4, -0.2) is 20.9 Å². The molecule has 2 N–H and O–H groups in total. The smallest absolute Gasteiger partial charge is 0.244 e. The number of hydrogen-bond donors (Lipinski definition) is 2. The summed E-state index contributed by atoms with van der Waals surface area (Å²) in [6.07, 6.45) is 2.95. The zero-order chi connectivity index (χ0) is 16.4. The molecule has 0 unspecified atom stereocenters. The normalized spacial score (nSPS) is 11.5. The summed E-state index contributed by atoms with van der Waals surface area (Å²) in [5, 5.41) is 2.77. The van der Waals surface area contributed by atoms with Crippen molar-refractivity contribution in [2.24, 2.45) is 0 Å². The topological polar surface area (TPSA) is 83.8 Å². The molecule has 0 spiro atoms. The zero-order valence-corrected chi connectivity index (χ0v) is 12.7. The van der Waals surface area contributed by atoms with E-state index < -0.39 is 0 Å². The molecule has 4 rings (SSSR count). The fourth-order valence-electron chi connectivity index (χ4n) is 2.43. The van der Waals surface area contributed by atoms with Gasteiger partial charge in [-0.2, -0.15) is 0 Å². The Balaban J connectivity index is 1.40. The Labute approximate surface area is 137 Å². The second-order valence-electron chi connectivity index (χ2n) is 5.27. The van der Waals surface area contributed by atoms with Gasteiger partial charge >= 0.3 is 0 Å². The van der Waals surface area contributed by atoms with Gasteiger partial charge in [-0.25, -0.2) is 9.97 Å². The maximum atomic E-state index is 11.9. The van der Waals surface area contributed by atoms with Crippen molar-refractivity contribution in [2.75, 3.05) is 0 Å². The van der Waals surface area contributed by atoms with E-state index in [-0.39, 0.29) is 5.91 Å². The number of imidazole rings is 1. The first-order valence-corrected chi connectivity index (χ1v) is 7.53. The van der Waals surface area contributed by atoms with Crippen LogP contribution < -0.4 is 5.32 Å². The predicted molar refractivity (Wildman–Crippen MR) is 91.0 cm³/mol. The van der Waals surface area contributed by atoms with Gasteiger partial charge in [0.25, 0.3) is 0 Å². The summed E-state index contributed by atoms with van der Waals surface area (Å²) in [7, 11) is 0. The highest BCUT2D eigenvalue weighted by molar-refractivity contribution is 5.91. The number of rotatable bonds is 4. The molecule has 0 fully saturated rings. The Kier molecular flexibility index (Phi) is 3.55. The molecule has 24 heavy (non-hydrogen) atoms. The second-order valence-corrected chi connectivity index (χ2v) is 5.27. The lowest BCUT2D eigenvalue weighted by Gasteiger charge is -1.97. The molecule has 118 valence electrons. The molecule has 1 amide bonds. The molecule has 0 radical (unpaired) electrons. The van der Waals surface area contributed by atoms with Crippen LogP contribution in [0.4, 0.5) is 0 Å². The summed E-state index contributed by atoms with van der Waals surface area (Å²) in [6.45, 7) is 0.325. The van der Waals surface area contributed by atoms with Crippen molar-refractivity contribution < 1.29 is 9.21 Å². The van der Waals surface area contributed by atoms with Crippen molar-refractivity contribution in [2.45, 2.75) is 6.54 Å². The van der Waals surface area contributed by atoms with Crippen molar-refractivity contribution in [1.29, 1.82) is 0 Å². The predicted octanol–water partition coefficient (Wildman–Crippen LogP) is 3.03. The maximum Gasteiger partial charge on any atom is 0.244 e. The van der Waals surface area contributed by atoms with E-state index in [0.29, 0.717) is 23.8 Å². The highest BCUT2D eigenvalue weighted by atomic mass is 16.3. The lowest BCUT2D eigenvalue weighted by Crippen LogP contribution is -2.20. The fourth-order valence-corrected chi connectivity index (χ4v) is 2.43. The van der Waals surface area contributed by atoms with E-state index in [0.717, 1.165) is 16.6 Å². The summed E-state index contributed by atoms with van der Waals surface area (Å²) in [5.74, 6) is 0.868. The van der Waals surface area contributed by atoms with Crippen molar-refractivity contribution in [3.05, 3.63) is 66.3 Å². The number of nitrogens with one attached hydrogen (secondary N) is 2. The molecule has 0 saturated carbocycles. The lowest BCUT2D eigenvalue weighted by atomic mass is 10.3. The summed E-state index contributed by atoms with van der Waals surface area (Å²) in [6, 6.07) is 15.2. The number of benzene rings is 2. The molecule has 0 aliphatic heterocycles. The van der Waals surface area contributed by atoms with Crippen LogP contribution in [0.2, 0.25) is 0 Å². The van der Waals surface area contributed by atoms with Crippen LogP contribution in [-0.2, 0) is 11.3 Å².